The third kappa shape index (κ3) is 3.85. The number of carbonyl (C=O) groups excluding carboxylic acids is 2. The quantitative estimate of drug-likeness (QED) is 0.818. The standard InChI is InChI=1S/C18H18F2N2O3S/c1-12-6-11-26-15(12)17(24)22-9-7-21(8-10-22)16(23)13-4-2-3-5-14(13)25-18(19)20/h2-6,11,18H,7-10H2,1H3. The number of rotatable bonds is 4. The van der Waals surface area contributed by atoms with Crippen LogP contribution in [0.2, 0.25) is 0 Å². The fraction of sp³-hybridized carbons (Fsp3) is 0.333. The molecule has 5 nitrogen and oxygen atoms in total. The molecule has 2 aromatic rings. The molecule has 2 heterocycles. The Morgan fingerprint density at radius 1 is 1.04 bits per heavy atom. The van der Waals surface area contributed by atoms with Gasteiger partial charge in [-0.05, 0) is 36.1 Å². The minimum Gasteiger partial charge on any atom is -0.434 e. The van der Waals surface area contributed by atoms with E-state index in [1.807, 2.05) is 18.4 Å². The molecule has 0 unspecified atom stereocenters. The molecule has 1 aromatic heterocycles. The third-order valence-electron chi connectivity index (χ3n) is 4.24. The Morgan fingerprint density at radius 3 is 2.23 bits per heavy atom. The Morgan fingerprint density at radius 2 is 1.65 bits per heavy atom. The Hall–Kier alpha value is -2.48. The number of para-hydroxylation sites is 1. The molecular formula is C18H18F2N2O3S. The highest BCUT2D eigenvalue weighted by atomic mass is 32.1. The van der Waals surface area contributed by atoms with Gasteiger partial charge in [-0.15, -0.1) is 11.3 Å². The summed E-state index contributed by atoms with van der Waals surface area (Å²) in [5, 5.41) is 1.88. The molecule has 1 aromatic carbocycles. The molecule has 8 heteroatoms. The summed E-state index contributed by atoms with van der Waals surface area (Å²) in [5.74, 6) is -0.549. The molecule has 138 valence electrons. The van der Waals surface area contributed by atoms with Crippen molar-refractivity contribution in [3.8, 4) is 5.75 Å². The molecule has 0 saturated carbocycles. The van der Waals surface area contributed by atoms with Crippen LogP contribution in [-0.4, -0.2) is 54.4 Å². The molecule has 0 spiro atoms. The van der Waals surface area contributed by atoms with E-state index in [4.69, 9.17) is 0 Å². The maximum absolute atomic E-state index is 12.7. The first-order chi connectivity index (χ1) is 12.5. The van der Waals surface area contributed by atoms with Crippen molar-refractivity contribution in [3.63, 3.8) is 0 Å². The van der Waals surface area contributed by atoms with Crippen LogP contribution in [0.3, 0.4) is 0 Å². The minimum absolute atomic E-state index is 0.0361. The predicted molar refractivity (Wildman–Crippen MR) is 93.9 cm³/mol. The number of hydrogen-bond acceptors (Lipinski definition) is 4. The van der Waals surface area contributed by atoms with E-state index in [9.17, 15) is 18.4 Å². The molecule has 0 bridgehead atoms. The Bertz CT molecular complexity index is 801. The maximum atomic E-state index is 12.7. The minimum atomic E-state index is -2.99. The van der Waals surface area contributed by atoms with E-state index in [-0.39, 0.29) is 23.1 Å². The van der Waals surface area contributed by atoms with Gasteiger partial charge in [0.05, 0.1) is 10.4 Å². The molecule has 1 saturated heterocycles. The second-order valence-corrected chi connectivity index (χ2v) is 6.81. The van der Waals surface area contributed by atoms with Crippen molar-refractivity contribution >= 4 is 23.2 Å². The van der Waals surface area contributed by atoms with Crippen molar-refractivity contribution in [2.75, 3.05) is 26.2 Å². The highest BCUT2D eigenvalue weighted by Crippen LogP contribution is 2.23. The van der Waals surface area contributed by atoms with Crippen LogP contribution in [0.25, 0.3) is 0 Å². The summed E-state index contributed by atoms with van der Waals surface area (Å²) in [6.45, 7) is 0.395. The van der Waals surface area contributed by atoms with Crippen LogP contribution in [-0.2, 0) is 0 Å². The highest BCUT2D eigenvalue weighted by molar-refractivity contribution is 7.12. The lowest BCUT2D eigenvalue weighted by molar-refractivity contribution is -0.0503. The van der Waals surface area contributed by atoms with E-state index >= 15 is 0 Å². The molecule has 1 fully saturated rings. The van der Waals surface area contributed by atoms with Gasteiger partial charge < -0.3 is 14.5 Å². The van der Waals surface area contributed by atoms with Gasteiger partial charge in [-0.25, -0.2) is 0 Å². The summed E-state index contributed by atoms with van der Waals surface area (Å²) in [6.07, 6.45) is 0. The number of thiophene rings is 1. The van der Waals surface area contributed by atoms with Crippen LogP contribution in [0, 0.1) is 6.92 Å². The average molecular weight is 380 g/mol. The van der Waals surface area contributed by atoms with E-state index in [1.165, 1.54) is 29.5 Å². The summed E-state index contributed by atoms with van der Waals surface area (Å²) < 4.78 is 29.5. The third-order valence-corrected chi connectivity index (χ3v) is 5.25. The number of nitrogens with zero attached hydrogens (tertiary/aromatic N) is 2. The lowest BCUT2D eigenvalue weighted by Crippen LogP contribution is -2.50. The molecule has 0 atom stereocenters. The van der Waals surface area contributed by atoms with Gasteiger partial charge in [0, 0.05) is 26.2 Å². The molecule has 0 radical (unpaired) electrons. The molecule has 0 N–H and O–H groups in total. The van der Waals surface area contributed by atoms with Gasteiger partial charge in [0.15, 0.2) is 0 Å². The van der Waals surface area contributed by atoms with Crippen LogP contribution >= 0.6 is 11.3 Å². The predicted octanol–water partition coefficient (Wildman–Crippen LogP) is 3.26. The van der Waals surface area contributed by atoms with Crippen LogP contribution in [0.15, 0.2) is 35.7 Å². The number of alkyl halides is 2. The van der Waals surface area contributed by atoms with Gasteiger partial charge in [-0.3, -0.25) is 9.59 Å². The number of benzene rings is 1. The van der Waals surface area contributed by atoms with Gasteiger partial charge in [0.2, 0.25) is 0 Å². The lowest BCUT2D eigenvalue weighted by Gasteiger charge is -2.35. The van der Waals surface area contributed by atoms with E-state index in [0.717, 1.165) is 5.56 Å². The summed E-state index contributed by atoms with van der Waals surface area (Å²) in [5.41, 5.74) is 1.04. The number of ether oxygens (including phenoxy) is 1. The van der Waals surface area contributed by atoms with Crippen molar-refractivity contribution in [3.05, 3.63) is 51.7 Å². The van der Waals surface area contributed by atoms with Gasteiger partial charge in [0.1, 0.15) is 5.75 Å². The maximum Gasteiger partial charge on any atom is 0.387 e. The van der Waals surface area contributed by atoms with Crippen molar-refractivity contribution in [2.45, 2.75) is 13.5 Å². The van der Waals surface area contributed by atoms with E-state index in [2.05, 4.69) is 4.74 Å². The van der Waals surface area contributed by atoms with E-state index in [1.54, 1.807) is 15.9 Å². The zero-order valence-corrected chi connectivity index (χ0v) is 15.0. The van der Waals surface area contributed by atoms with Crippen LogP contribution < -0.4 is 4.74 Å². The fourth-order valence-electron chi connectivity index (χ4n) is 2.86. The van der Waals surface area contributed by atoms with E-state index < -0.39 is 6.61 Å². The van der Waals surface area contributed by atoms with Crippen molar-refractivity contribution < 1.29 is 23.1 Å². The second-order valence-electron chi connectivity index (χ2n) is 5.89. The van der Waals surface area contributed by atoms with Gasteiger partial charge in [0.25, 0.3) is 11.8 Å². The second kappa shape index (κ2) is 7.82. The lowest BCUT2D eigenvalue weighted by atomic mass is 10.1. The molecule has 3 rings (SSSR count). The van der Waals surface area contributed by atoms with Gasteiger partial charge in [-0.1, -0.05) is 12.1 Å². The van der Waals surface area contributed by atoms with E-state index in [0.29, 0.717) is 31.1 Å². The zero-order valence-electron chi connectivity index (χ0n) is 14.2. The van der Waals surface area contributed by atoms with Crippen LogP contribution in [0.4, 0.5) is 8.78 Å². The number of carbonyl (C=O) groups is 2. The Labute approximate surface area is 153 Å². The summed E-state index contributed by atoms with van der Waals surface area (Å²) in [4.78, 5) is 29.2. The summed E-state index contributed by atoms with van der Waals surface area (Å²) >= 11 is 1.40. The number of piperazine rings is 1. The SMILES string of the molecule is Cc1ccsc1C(=O)N1CCN(C(=O)c2ccccc2OC(F)F)CC1. The fourth-order valence-corrected chi connectivity index (χ4v) is 3.75. The van der Waals surface area contributed by atoms with Crippen molar-refractivity contribution in [1.29, 1.82) is 0 Å². The zero-order chi connectivity index (χ0) is 18.7. The monoisotopic (exact) mass is 380 g/mol. The Kier molecular flexibility index (Phi) is 5.51. The van der Waals surface area contributed by atoms with Crippen LogP contribution in [0.1, 0.15) is 25.6 Å². The number of aryl methyl sites for hydroxylation is 1. The summed E-state index contributed by atoms with van der Waals surface area (Å²) in [7, 11) is 0. The molecule has 2 amide bonds. The highest BCUT2D eigenvalue weighted by Gasteiger charge is 2.28. The molecule has 26 heavy (non-hydrogen) atoms. The number of amides is 2. The van der Waals surface area contributed by atoms with Gasteiger partial charge >= 0.3 is 6.61 Å². The first-order valence-electron chi connectivity index (χ1n) is 8.14. The smallest absolute Gasteiger partial charge is 0.387 e. The normalized spacial score (nSPS) is 14.6. The number of hydrogen-bond donors (Lipinski definition) is 0. The molecule has 1 aliphatic rings. The average Bonchev–Trinajstić information content (AvgIpc) is 3.06. The van der Waals surface area contributed by atoms with Crippen molar-refractivity contribution in [2.24, 2.45) is 0 Å². The topological polar surface area (TPSA) is 49.9 Å². The Balaban J connectivity index is 1.66. The number of halogens is 2. The largest absolute Gasteiger partial charge is 0.434 e. The first-order valence-corrected chi connectivity index (χ1v) is 9.02. The van der Waals surface area contributed by atoms with Crippen LogP contribution in [0.5, 0.6) is 5.75 Å². The summed E-state index contributed by atoms with van der Waals surface area (Å²) in [6, 6.07) is 7.85. The van der Waals surface area contributed by atoms with Gasteiger partial charge in [-0.2, -0.15) is 8.78 Å². The molecule has 0 aliphatic carbocycles. The first kappa shape index (κ1) is 18.3. The van der Waals surface area contributed by atoms with Crippen molar-refractivity contribution in [1.82, 2.24) is 9.80 Å². The molecular weight excluding hydrogens is 362 g/mol. The molecule has 1 aliphatic heterocycles.